The van der Waals surface area contributed by atoms with E-state index in [2.05, 4.69) is 51.9 Å². The highest BCUT2D eigenvalue weighted by Crippen LogP contribution is 2.33. The molecule has 0 spiro atoms. The molecule has 0 saturated carbocycles. The number of phenolic OH excluding ortho intramolecular Hbond substituents is 2. The number of benzene rings is 4. The first kappa shape index (κ1) is 30.9. The van der Waals surface area contributed by atoms with Gasteiger partial charge in [0, 0.05) is 24.9 Å². The molecule has 0 aromatic heterocycles. The molecule has 0 aliphatic carbocycles. The van der Waals surface area contributed by atoms with Crippen molar-refractivity contribution in [2.24, 2.45) is 4.99 Å². The molecule has 41 heavy (non-hydrogen) atoms. The first-order valence-electron chi connectivity index (χ1n) is 13.5. The molecule has 0 atom stereocenters. The van der Waals surface area contributed by atoms with Crippen molar-refractivity contribution >= 4 is 23.3 Å². The smallest absolute Gasteiger partial charge is 0.269 e. The van der Waals surface area contributed by atoms with Crippen LogP contribution in [0.4, 0.5) is 17.1 Å². The summed E-state index contributed by atoms with van der Waals surface area (Å²) >= 11 is 0. The molecule has 0 fully saturated rings. The van der Waals surface area contributed by atoms with Crippen LogP contribution >= 0.6 is 0 Å². The standard InChI is InChI=1S/C17H20N2O3.C17H19NO/c1-17(2,3)13-7-8-16(20)15(10-13)18-11-12-5-4-6-14(9-12)19(21)22;1-17(2,3)14-9-10-16(19)15(11-14)18-12-13-7-5-4-6-8-13/h4-10,18,20H,11H2,1-3H3;4-12,19H,1-3H3. The minimum atomic E-state index is -0.415. The van der Waals surface area contributed by atoms with E-state index in [0.29, 0.717) is 17.9 Å². The van der Waals surface area contributed by atoms with Crippen molar-refractivity contribution in [2.75, 3.05) is 5.32 Å². The fraction of sp³-hybridized carbons (Fsp3) is 0.265. The Morgan fingerprint density at radius 3 is 2.00 bits per heavy atom. The van der Waals surface area contributed by atoms with Crippen LogP contribution in [0.15, 0.2) is 96.0 Å². The van der Waals surface area contributed by atoms with Crippen molar-refractivity contribution in [1.29, 1.82) is 0 Å². The number of nitro benzene ring substituents is 1. The molecule has 0 heterocycles. The predicted molar refractivity (Wildman–Crippen MR) is 168 cm³/mol. The van der Waals surface area contributed by atoms with E-state index >= 15 is 0 Å². The average Bonchev–Trinajstić information content (AvgIpc) is 2.92. The summed E-state index contributed by atoms with van der Waals surface area (Å²) < 4.78 is 0. The van der Waals surface area contributed by atoms with Gasteiger partial charge < -0.3 is 15.5 Å². The molecule has 4 aromatic carbocycles. The minimum Gasteiger partial charge on any atom is -0.506 e. The quantitative estimate of drug-likeness (QED) is 0.0958. The highest BCUT2D eigenvalue weighted by molar-refractivity contribution is 5.82. The number of non-ortho nitro benzene ring substituents is 1. The number of hydrogen-bond acceptors (Lipinski definition) is 6. The molecule has 0 unspecified atom stereocenters. The van der Waals surface area contributed by atoms with Crippen molar-refractivity contribution < 1.29 is 15.1 Å². The first-order chi connectivity index (χ1) is 19.2. The number of aliphatic imine (C=N–C) groups is 1. The van der Waals surface area contributed by atoms with Crippen molar-refractivity contribution in [3.05, 3.63) is 123 Å². The third-order valence-corrected chi connectivity index (χ3v) is 6.46. The number of nitrogens with one attached hydrogen (secondary N) is 1. The van der Waals surface area contributed by atoms with Crippen molar-refractivity contribution in [2.45, 2.75) is 58.9 Å². The third kappa shape index (κ3) is 9.21. The van der Waals surface area contributed by atoms with Crippen LogP contribution in [-0.2, 0) is 17.4 Å². The van der Waals surface area contributed by atoms with Gasteiger partial charge in [-0.3, -0.25) is 15.1 Å². The second-order valence-electron chi connectivity index (χ2n) is 11.9. The molecule has 7 nitrogen and oxygen atoms in total. The molecule has 4 aromatic rings. The highest BCUT2D eigenvalue weighted by Gasteiger charge is 2.16. The lowest BCUT2D eigenvalue weighted by molar-refractivity contribution is -0.384. The number of anilines is 1. The van der Waals surface area contributed by atoms with Gasteiger partial charge in [-0.05, 0) is 57.3 Å². The average molecular weight is 554 g/mol. The summed E-state index contributed by atoms with van der Waals surface area (Å²) in [7, 11) is 0. The molecule has 0 aliphatic rings. The predicted octanol–water partition coefficient (Wildman–Crippen LogP) is 8.65. The highest BCUT2D eigenvalue weighted by atomic mass is 16.6. The summed E-state index contributed by atoms with van der Waals surface area (Å²) in [5.74, 6) is 0.374. The van der Waals surface area contributed by atoms with Gasteiger partial charge in [0.2, 0.25) is 0 Å². The largest absolute Gasteiger partial charge is 0.506 e. The van der Waals surface area contributed by atoms with E-state index in [1.165, 1.54) is 12.1 Å². The molecule has 7 heteroatoms. The number of rotatable bonds is 6. The van der Waals surface area contributed by atoms with Gasteiger partial charge in [-0.2, -0.15) is 0 Å². The van der Waals surface area contributed by atoms with Crippen LogP contribution in [0.1, 0.15) is 63.8 Å². The Labute approximate surface area is 242 Å². The van der Waals surface area contributed by atoms with Gasteiger partial charge >= 0.3 is 0 Å². The van der Waals surface area contributed by atoms with Gasteiger partial charge in [-0.25, -0.2) is 0 Å². The van der Waals surface area contributed by atoms with Crippen LogP contribution in [0.5, 0.6) is 11.5 Å². The SMILES string of the molecule is CC(C)(C)c1ccc(O)c(N=Cc2ccccc2)c1.CC(C)(C)c1ccc(O)c(NCc2cccc([N+](=O)[O-])c2)c1. The molecule has 0 amide bonds. The fourth-order valence-electron chi connectivity index (χ4n) is 3.90. The lowest BCUT2D eigenvalue weighted by Gasteiger charge is -2.20. The Balaban J connectivity index is 0.000000228. The van der Waals surface area contributed by atoms with Gasteiger partial charge in [-0.1, -0.05) is 96.1 Å². The summed E-state index contributed by atoms with van der Waals surface area (Å²) in [6, 6.07) is 27.4. The number of phenols is 2. The number of aromatic hydroxyl groups is 2. The van der Waals surface area contributed by atoms with Crippen molar-refractivity contribution in [3.8, 4) is 11.5 Å². The Kier molecular flexibility index (Phi) is 9.90. The Hall–Kier alpha value is -4.65. The first-order valence-corrected chi connectivity index (χ1v) is 13.5. The van der Waals surface area contributed by atoms with Gasteiger partial charge in [-0.15, -0.1) is 0 Å². The fourth-order valence-corrected chi connectivity index (χ4v) is 3.90. The second-order valence-corrected chi connectivity index (χ2v) is 11.9. The second kappa shape index (κ2) is 13.1. The molecule has 214 valence electrons. The van der Waals surface area contributed by atoms with Gasteiger partial charge in [0.25, 0.3) is 5.69 Å². The maximum atomic E-state index is 10.8. The summed E-state index contributed by atoms with van der Waals surface area (Å²) in [6.45, 7) is 13.1. The zero-order valence-corrected chi connectivity index (χ0v) is 24.6. The van der Waals surface area contributed by atoms with E-state index < -0.39 is 4.92 Å². The van der Waals surface area contributed by atoms with Crippen LogP contribution < -0.4 is 5.32 Å². The topological polar surface area (TPSA) is 108 Å². The zero-order valence-electron chi connectivity index (χ0n) is 24.6. The summed E-state index contributed by atoms with van der Waals surface area (Å²) in [4.78, 5) is 14.7. The molecule has 4 rings (SSSR count). The molecule has 0 aliphatic heterocycles. The third-order valence-electron chi connectivity index (χ3n) is 6.46. The molecular formula is C34H39N3O4. The monoisotopic (exact) mass is 553 g/mol. The maximum absolute atomic E-state index is 10.8. The van der Waals surface area contributed by atoms with E-state index in [-0.39, 0.29) is 28.0 Å². The summed E-state index contributed by atoms with van der Waals surface area (Å²) in [6.07, 6.45) is 1.77. The van der Waals surface area contributed by atoms with E-state index in [4.69, 9.17) is 0 Å². The Morgan fingerprint density at radius 1 is 0.780 bits per heavy atom. The van der Waals surface area contributed by atoms with E-state index in [0.717, 1.165) is 22.3 Å². The number of nitrogens with zero attached hydrogens (tertiary/aromatic N) is 2. The van der Waals surface area contributed by atoms with Gasteiger partial charge in [0.1, 0.15) is 17.2 Å². The molecule has 0 saturated heterocycles. The van der Waals surface area contributed by atoms with Gasteiger partial charge in [0.15, 0.2) is 0 Å². The molecular weight excluding hydrogens is 514 g/mol. The van der Waals surface area contributed by atoms with Crippen LogP contribution in [0.2, 0.25) is 0 Å². The zero-order chi connectivity index (χ0) is 30.2. The number of nitro groups is 1. The number of hydrogen-bond donors (Lipinski definition) is 3. The Morgan fingerprint density at radius 2 is 1.39 bits per heavy atom. The van der Waals surface area contributed by atoms with Crippen LogP contribution in [0.3, 0.4) is 0 Å². The van der Waals surface area contributed by atoms with Gasteiger partial charge in [0.05, 0.1) is 10.6 Å². The minimum absolute atomic E-state index is 0.0182. The lowest BCUT2D eigenvalue weighted by atomic mass is 9.87. The lowest BCUT2D eigenvalue weighted by Crippen LogP contribution is -2.11. The summed E-state index contributed by atoms with van der Waals surface area (Å²) in [5, 5.41) is 33.7. The van der Waals surface area contributed by atoms with Crippen LogP contribution in [-0.4, -0.2) is 21.4 Å². The Bertz CT molecular complexity index is 1500. The molecule has 3 N–H and O–H groups in total. The normalized spacial score (nSPS) is 11.6. The van der Waals surface area contributed by atoms with Crippen molar-refractivity contribution in [3.63, 3.8) is 0 Å². The van der Waals surface area contributed by atoms with E-state index in [1.54, 1.807) is 24.4 Å². The van der Waals surface area contributed by atoms with E-state index in [9.17, 15) is 20.3 Å². The van der Waals surface area contributed by atoms with Crippen LogP contribution in [0, 0.1) is 10.1 Å². The van der Waals surface area contributed by atoms with E-state index in [1.807, 2.05) is 60.7 Å². The summed E-state index contributed by atoms with van der Waals surface area (Å²) in [5.41, 5.74) is 5.39. The maximum Gasteiger partial charge on any atom is 0.269 e. The molecule has 0 radical (unpaired) electrons. The van der Waals surface area contributed by atoms with Crippen LogP contribution in [0.25, 0.3) is 0 Å². The molecule has 0 bridgehead atoms. The van der Waals surface area contributed by atoms with Crippen molar-refractivity contribution in [1.82, 2.24) is 0 Å².